The highest BCUT2D eigenvalue weighted by molar-refractivity contribution is 7.99. The van der Waals surface area contributed by atoms with Crippen molar-refractivity contribution in [3.05, 3.63) is 77.1 Å². The number of unbranched alkanes of at least 4 members (excludes halogenated alkanes) is 2. The fourth-order valence-corrected chi connectivity index (χ4v) is 5.61. The monoisotopic (exact) mass is 581 g/mol. The van der Waals surface area contributed by atoms with E-state index in [9.17, 15) is 14.7 Å². The minimum atomic E-state index is -0.560. The molecule has 1 aromatic heterocycles. The molecule has 0 bridgehead atoms. The summed E-state index contributed by atoms with van der Waals surface area (Å²) < 4.78 is 13.0. The second-order valence-electron chi connectivity index (χ2n) is 10.2. The molecule has 1 saturated heterocycles. The molecule has 2 amide bonds. The molecule has 1 aliphatic heterocycles. The number of aromatic nitrogens is 3. The van der Waals surface area contributed by atoms with Crippen LogP contribution in [0, 0.1) is 5.92 Å². The lowest BCUT2D eigenvalue weighted by Crippen LogP contribution is -2.38. The number of amides is 2. The highest BCUT2D eigenvalue weighted by atomic mass is 32.2. The molecule has 0 spiro atoms. The quantitative estimate of drug-likeness (QED) is 0.164. The summed E-state index contributed by atoms with van der Waals surface area (Å²) in [5.41, 5.74) is 3.78. The van der Waals surface area contributed by atoms with Crippen LogP contribution in [-0.4, -0.2) is 50.5 Å². The Hall–Kier alpha value is -3.25. The number of hydrogen-bond acceptors (Lipinski definition) is 8. The Morgan fingerprint density at radius 1 is 0.976 bits per heavy atom. The molecule has 41 heavy (non-hydrogen) atoms. The summed E-state index contributed by atoms with van der Waals surface area (Å²) in [6.07, 6.45) is 3.65. The number of benzene rings is 2. The van der Waals surface area contributed by atoms with Gasteiger partial charge in [0.1, 0.15) is 6.33 Å². The van der Waals surface area contributed by atoms with Crippen molar-refractivity contribution < 1.29 is 24.2 Å². The number of carbonyl (C=O) groups excluding carboxylic acids is 2. The van der Waals surface area contributed by atoms with Crippen LogP contribution in [0.1, 0.15) is 74.2 Å². The van der Waals surface area contributed by atoms with Gasteiger partial charge in [-0.15, -0.1) is 0 Å². The number of aliphatic hydroxyl groups excluding tert-OH is 1. The molecule has 0 radical (unpaired) electrons. The van der Waals surface area contributed by atoms with Crippen LogP contribution in [-0.2, 0) is 32.2 Å². The van der Waals surface area contributed by atoms with E-state index in [0.717, 1.165) is 46.7 Å². The Balaban J connectivity index is 1.34. The summed E-state index contributed by atoms with van der Waals surface area (Å²) in [4.78, 5) is 27.4. The molecular weight excluding hydrogens is 542 g/mol. The van der Waals surface area contributed by atoms with Gasteiger partial charge in [-0.3, -0.25) is 14.7 Å². The first-order chi connectivity index (χ1) is 19.9. The van der Waals surface area contributed by atoms with Gasteiger partial charge in [0.05, 0.1) is 18.8 Å². The molecule has 1 aliphatic rings. The zero-order valence-corrected chi connectivity index (χ0v) is 24.4. The van der Waals surface area contributed by atoms with Crippen molar-refractivity contribution in [1.29, 1.82) is 0 Å². The first-order valence-electron chi connectivity index (χ1n) is 14.0. The Morgan fingerprint density at radius 2 is 1.71 bits per heavy atom. The second kappa shape index (κ2) is 15.7. The van der Waals surface area contributed by atoms with Gasteiger partial charge in [0.2, 0.25) is 11.8 Å². The third-order valence-corrected chi connectivity index (χ3v) is 8.06. The van der Waals surface area contributed by atoms with Crippen molar-refractivity contribution in [2.24, 2.45) is 5.92 Å². The van der Waals surface area contributed by atoms with E-state index in [0.29, 0.717) is 25.3 Å². The van der Waals surface area contributed by atoms with E-state index in [-0.39, 0.29) is 36.5 Å². The van der Waals surface area contributed by atoms with Crippen molar-refractivity contribution in [1.82, 2.24) is 25.8 Å². The van der Waals surface area contributed by atoms with E-state index < -0.39 is 6.29 Å². The molecule has 2 heterocycles. The Labute approximate surface area is 245 Å². The minimum absolute atomic E-state index is 0.00369. The van der Waals surface area contributed by atoms with Gasteiger partial charge < -0.3 is 25.2 Å². The largest absolute Gasteiger partial charge is 0.392 e. The van der Waals surface area contributed by atoms with Crippen LogP contribution in [0.2, 0.25) is 0 Å². The van der Waals surface area contributed by atoms with Crippen LogP contribution < -0.4 is 10.6 Å². The topological polar surface area (TPSA) is 138 Å². The van der Waals surface area contributed by atoms with Crippen molar-refractivity contribution in [2.75, 3.05) is 12.3 Å². The zero-order valence-electron chi connectivity index (χ0n) is 23.5. The lowest BCUT2D eigenvalue weighted by atomic mass is 9.91. The number of carbonyl (C=O) groups is 2. The van der Waals surface area contributed by atoms with Crippen LogP contribution >= 0.6 is 11.8 Å². The van der Waals surface area contributed by atoms with Crippen molar-refractivity contribution in [3.63, 3.8) is 0 Å². The third-order valence-electron chi connectivity index (χ3n) is 7.10. The fraction of sp³-hybridized carbons (Fsp3) is 0.467. The summed E-state index contributed by atoms with van der Waals surface area (Å²) in [7, 11) is 0. The van der Waals surface area contributed by atoms with Crippen molar-refractivity contribution >= 4 is 23.6 Å². The molecule has 3 aromatic rings. The van der Waals surface area contributed by atoms with Crippen LogP contribution in [0.15, 0.2) is 60.0 Å². The van der Waals surface area contributed by atoms with Gasteiger partial charge in [-0.05, 0) is 29.5 Å². The minimum Gasteiger partial charge on any atom is -0.392 e. The van der Waals surface area contributed by atoms with Gasteiger partial charge in [-0.25, -0.2) is 4.98 Å². The maximum Gasteiger partial charge on any atom is 0.220 e. The first-order valence-corrected chi connectivity index (χ1v) is 15.0. The summed E-state index contributed by atoms with van der Waals surface area (Å²) in [5, 5.41) is 22.8. The maximum atomic E-state index is 12.2. The molecule has 220 valence electrons. The molecule has 0 aliphatic carbocycles. The highest BCUT2D eigenvalue weighted by Crippen LogP contribution is 2.42. The summed E-state index contributed by atoms with van der Waals surface area (Å²) in [5.74, 6) is 0.740. The van der Waals surface area contributed by atoms with Crippen LogP contribution in [0.25, 0.3) is 0 Å². The number of hydrogen-bond donors (Lipinski definition) is 4. The highest BCUT2D eigenvalue weighted by Gasteiger charge is 2.38. The van der Waals surface area contributed by atoms with Gasteiger partial charge in [0.15, 0.2) is 11.4 Å². The predicted molar refractivity (Wildman–Crippen MR) is 156 cm³/mol. The van der Waals surface area contributed by atoms with E-state index >= 15 is 0 Å². The fourth-order valence-electron chi connectivity index (χ4n) is 4.67. The van der Waals surface area contributed by atoms with E-state index in [1.165, 1.54) is 13.3 Å². The van der Waals surface area contributed by atoms with Gasteiger partial charge in [-0.2, -0.15) is 5.10 Å². The lowest BCUT2D eigenvalue weighted by molar-refractivity contribution is -0.268. The Kier molecular flexibility index (Phi) is 11.7. The maximum absolute atomic E-state index is 12.2. The molecule has 10 nitrogen and oxygen atoms in total. The van der Waals surface area contributed by atoms with E-state index in [1.807, 2.05) is 48.5 Å². The van der Waals surface area contributed by atoms with Gasteiger partial charge in [0.25, 0.3) is 0 Å². The number of nitrogens with zero attached hydrogens (tertiary/aromatic N) is 2. The molecule has 4 atom stereocenters. The molecule has 2 aromatic carbocycles. The number of aliphatic hydroxyl groups is 1. The summed E-state index contributed by atoms with van der Waals surface area (Å²) in [6.45, 7) is 4.72. The predicted octanol–water partition coefficient (Wildman–Crippen LogP) is 4.19. The molecule has 0 saturated carbocycles. The van der Waals surface area contributed by atoms with E-state index in [2.05, 4.69) is 32.7 Å². The normalized spacial score (nSPS) is 20.5. The molecule has 0 unspecified atom stereocenters. The lowest BCUT2D eigenvalue weighted by Gasteiger charge is -2.41. The second-order valence-corrected chi connectivity index (χ2v) is 11.2. The number of aromatic amines is 1. The van der Waals surface area contributed by atoms with Crippen LogP contribution in [0.3, 0.4) is 0 Å². The number of thioether (sulfide) groups is 1. The van der Waals surface area contributed by atoms with E-state index in [4.69, 9.17) is 9.47 Å². The first kappa shape index (κ1) is 30.7. The average molecular weight is 582 g/mol. The number of rotatable bonds is 14. The smallest absolute Gasteiger partial charge is 0.220 e. The van der Waals surface area contributed by atoms with Gasteiger partial charge >= 0.3 is 0 Å². The average Bonchev–Trinajstić information content (AvgIpc) is 3.51. The van der Waals surface area contributed by atoms with E-state index in [1.54, 1.807) is 11.8 Å². The Bertz CT molecular complexity index is 1220. The molecule has 11 heteroatoms. The van der Waals surface area contributed by atoms with Gasteiger partial charge in [0, 0.05) is 43.7 Å². The van der Waals surface area contributed by atoms with Crippen molar-refractivity contribution in [2.45, 2.75) is 76.3 Å². The third kappa shape index (κ3) is 9.39. The summed E-state index contributed by atoms with van der Waals surface area (Å²) >= 11 is 1.56. The zero-order chi connectivity index (χ0) is 29.0. The molecular formula is C30H39N5O5S. The SMILES string of the molecule is CC(=O)NCCCCCC(=O)NCc1ccc([C@H]2O[C@@H](CSc3ncn[nH]3)[C@@H](C)[C@@H](c3ccc(CO)cc3)O2)cc1. The number of ether oxygens (including phenoxy) is 2. The number of nitrogens with one attached hydrogen (secondary N) is 3. The van der Waals surface area contributed by atoms with Crippen LogP contribution in [0.4, 0.5) is 0 Å². The standard InChI is InChI=1S/C30H39N5O5S/c1-20-26(18-41-30-33-19-34-35-30)39-29(40-28(20)24-11-9-23(17-36)10-12-24)25-13-7-22(8-14-25)16-32-27(38)6-4-3-5-15-31-21(2)37/h7-14,19-20,26,28-29,36H,3-6,15-18H2,1-2H3,(H,31,37)(H,32,38)(H,33,34,35)/t20-,26+,28+,29+/m1/s1. The molecule has 4 N–H and O–H groups in total. The van der Waals surface area contributed by atoms with Crippen molar-refractivity contribution in [3.8, 4) is 0 Å². The molecule has 1 fully saturated rings. The number of H-pyrrole nitrogens is 1. The molecule has 4 rings (SSSR count). The summed E-state index contributed by atoms with van der Waals surface area (Å²) in [6, 6.07) is 15.8. The van der Waals surface area contributed by atoms with Crippen LogP contribution in [0.5, 0.6) is 0 Å². The Morgan fingerprint density at radius 3 is 2.39 bits per heavy atom. The van der Waals surface area contributed by atoms with Gasteiger partial charge in [-0.1, -0.05) is 73.6 Å².